The van der Waals surface area contributed by atoms with Gasteiger partial charge in [0, 0.05) is 107 Å². The second kappa shape index (κ2) is 28.6. The van der Waals surface area contributed by atoms with E-state index in [1.54, 1.807) is 11.1 Å². The maximum Gasteiger partial charge on any atom is 0.416 e. The van der Waals surface area contributed by atoms with Crippen LogP contribution in [0.4, 0.5) is 19.0 Å². The van der Waals surface area contributed by atoms with Crippen molar-refractivity contribution in [3.63, 3.8) is 0 Å². The van der Waals surface area contributed by atoms with Crippen LogP contribution in [0.15, 0.2) is 35.5 Å². The first-order valence-electron chi connectivity index (χ1n) is 30.2. The summed E-state index contributed by atoms with van der Waals surface area (Å²) in [7, 11) is 0. The molecule has 3 saturated carbocycles. The van der Waals surface area contributed by atoms with Crippen molar-refractivity contribution >= 4 is 52.5 Å². The number of hydrogen-bond donors (Lipinski definition) is 6. The van der Waals surface area contributed by atoms with Crippen LogP contribution < -0.4 is 32.0 Å². The number of halogens is 3. The number of allylic oxidation sites excluding steroid dienone is 1. The van der Waals surface area contributed by atoms with Crippen LogP contribution >= 0.6 is 0 Å². The summed E-state index contributed by atoms with van der Waals surface area (Å²) in [6.45, 7) is 12.4. The zero-order valence-electron chi connectivity index (χ0n) is 48.6. The van der Waals surface area contributed by atoms with Crippen LogP contribution in [0.1, 0.15) is 162 Å². The molecule has 1 aromatic heterocycles. The number of aromatic nitrogens is 2. The molecule has 4 heterocycles. The molecule has 452 valence electrons. The highest BCUT2D eigenvalue weighted by Crippen LogP contribution is 2.36. The average Bonchev–Trinajstić information content (AvgIpc) is 4.17. The van der Waals surface area contributed by atoms with Crippen molar-refractivity contribution in [2.75, 3.05) is 44.7 Å². The Kier molecular flexibility index (Phi) is 21.7. The second-order valence-electron chi connectivity index (χ2n) is 24.4. The van der Waals surface area contributed by atoms with Crippen molar-refractivity contribution in [1.29, 1.82) is 0 Å². The summed E-state index contributed by atoms with van der Waals surface area (Å²) >= 11 is 0. The molecule has 3 aliphatic carbocycles. The third-order valence-corrected chi connectivity index (χ3v) is 17.1. The highest BCUT2D eigenvalue weighted by Gasteiger charge is 2.47. The summed E-state index contributed by atoms with van der Waals surface area (Å²) in [5.74, 6) is -0.321. The minimum absolute atomic E-state index is 0.00160. The van der Waals surface area contributed by atoms with Gasteiger partial charge in [0.2, 0.25) is 35.6 Å². The Hall–Kier alpha value is -5.81. The Labute approximate surface area is 480 Å². The number of hydrazine groups is 1. The Balaban J connectivity index is 0.694. The molecule has 6 N–H and O–H groups in total. The normalized spacial score (nSPS) is 27.9. The fraction of sp³-hybridized carbons (Fsp3) is 0.729. The summed E-state index contributed by atoms with van der Waals surface area (Å²) in [6, 6.07) is 1.86. The number of fused-ring (bicyclic) bond motifs is 1. The molecule has 3 aliphatic heterocycles. The number of anilines is 1. The third-order valence-electron chi connectivity index (χ3n) is 17.1. The Morgan fingerprint density at radius 2 is 1.59 bits per heavy atom. The summed E-state index contributed by atoms with van der Waals surface area (Å²) < 4.78 is 54.1. The maximum atomic E-state index is 14.1. The van der Waals surface area contributed by atoms with Crippen molar-refractivity contribution in [1.82, 2.24) is 46.5 Å². The standard InChI is InChI=1S/C59H87F3N12O8/c1-6-72-53(77)35-46(54(72)38-11-9-27-63-36-38)56(78)64-29-32-82-44-22-20-43(21-23-44)81-31-10-13-52(76)67-40-15-18-42(19-16-40)74(80)65-28-8-7-12-51-68-47-24-14-39(59(60,61)62)33-45(47)55(70-51)69-48-26-30-73(57(48)79)50-25-17-41(71-58(3,4)5)34-49(50)66-37(2)75/h9,14,24,27,33,36,38,40-44,46,48-50,54,71H,6-8,10-13,15-23,25-26,28-32,34-35H2,1-5H3,(H4-,64,65,66,67,68,69,70,75,76,78,80)/p+1/t38?,40?,41-,42?,43?,44?,46+,48+,49-,50+,54-/m1/s1. The van der Waals surface area contributed by atoms with Crippen LogP contribution in [-0.2, 0) is 46.0 Å². The lowest BCUT2D eigenvalue weighted by Crippen LogP contribution is -2.59. The van der Waals surface area contributed by atoms with Gasteiger partial charge in [-0.3, -0.25) is 29.0 Å². The predicted molar refractivity (Wildman–Crippen MR) is 304 cm³/mol. The van der Waals surface area contributed by atoms with Gasteiger partial charge in [0.1, 0.15) is 22.6 Å². The van der Waals surface area contributed by atoms with Crippen LogP contribution in [0.25, 0.3) is 10.9 Å². The number of aryl methyl sites for hydroxylation is 1. The largest absolute Gasteiger partial charge is 0.416 e. The molecular weight excluding hydrogens is 1060 g/mol. The van der Waals surface area contributed by atoms with Gasteiger partial charge in [0.25, 0.3) is 0 Å². The van der Waals surface area contributed by atoms with E-state index in [2.05, 4.69) is 62.8 Å². The molecule has 23 heteroatoms. The maximum absolute atomic E-state index is 14.1. The van der Waals surface area contributed by atoms with E-state index in [9.17, 15) is 42.1 Å². The van der Waals surface area contributed by atoms with E-state index < -0.39 is 23.7 Å². The number of nitrogens with one attached hydrogen (secondary N) is 6. The van der Waals surface area contributed by atoms with Gasteiger partial charge in [-0.25, -0.2) is 9.97 Å². The quantitative estimate of drug-likeness (QED) is 0.0350. The van der Waals surface area contributed by atoms with Crippen molar-refractivity contribution in [3.05, 3.63) is 46.8 Å². The molecule has 2 saturated heterocycles. The zero-order valence-corrected chi connectivity index (χ0v) is 48.6. The molecule has 0 radical (unpaired) electrons. The SMILES string of the molecule is CCN1C(=O)C[C@H](C(=O)NCCOC2CCC(OCCCC(=O)NC3CCC([N+](=O)NCCCCc4nc(N[C@H]5CCN([C@H]6CC[C@@H](NC(C)(C)C)C[C@H]6NC(C)=O)C5=O)c5cc(C(F)(F)F)ccc5n4)CC3)CC2)[C@H]1C1C=NC=CC1. The van der Waals surface area contributed by atoms with Gasteiger partial charge >= 0.3 is 6.18 Å². The number of alkyl halides is 3. The number of nitroso groups, excluding NO2 is 1. The van der Waals surface area contributed by atoms with Gasteiger partial charge in [-0.1, -0.05) is 6.08 Å². The van der Waals surface area contributed by atoms with E-state index in [1.165, 1.54) is 13.0 Å². The first-order valence-corrected chi connectivity index (χ1v) is 30.2. The van der Waals surface area contributed by atoms with Crippen LogP contribution in [0.2, 0.25) is 0 Å². The molecule has 8 rings (SSSR count). The summed E-state index contributed by atoms with van der Waals surface area (Å²) in [6.07, 6.45) is 13.4. The third kappa shape index (κ3) is 17.2. The molecule has 7 atom stereocenters. The highest BCUT2D eigenvalue weighted by molar-refractivity contribution is 5.94. The minimum Gasteiger partial charge on any atom is -0.378 e. The van der Waals surface area contributed by atoms with Crippen molar-refractivity contribution in [2.24, 2.45) is 16.8 Å². The number of rotatable bonds is 25. The first kappa shape index (κ1) is 62.2. The lowest BCUT2D eigenvalue weighted by molar-refractivity contribution is -0.643. The number of nitrogens with zero attached hydrogens (tertiary/aromatic N) is 6. The highest BCUT2D eigenvalue weighted by atomic mass is 19.4. The van der Waals surface area contributed by atoms with Crippen molar-refractivity contribution < 1.29 is 51.5 Å². The molecule has 0 bridgehead atoms. The van der Waals surface area contributed by atoms with Gasteiger partial charge in [0.15, 0.2) is 0 Å². The van der Waals surface area contributed by atoms with Crippen LogP contribution in [0.3, 0.4) is 0 Å². The number of hydrogen-bond acceptors (Lipinski definition) is 13. The van der Waals surface area contributed by atoms with Gasteiger partial charge < -0.3 is 45.9 Å². The number of amides is 5. The van der Waals surface area contributed by atoms with E-state index in [1.807, 2.05) is 24.1 Å². The molecule has 1 aromatic carbocycles. The lowest BCUT2D eigenvalue weighted by atomic mass is 9.84. The van der Waals surface area contributed by atoms with E-state index in [-0.39, 0.29) is 107 Å². The Morgan fingerprint density at radius 1 is 0.854 bits per heavy atom. The lowest BCUT2D eigenvalue weighted by Gasteiger charge is -2.43. The Bertz CT molecular complexity index is 2600. The Morgan fingerprint density at radius 3 is 2.27 bits per heavy atom. The number of unbranched alkanes of at least 4 members (excludes halogenated alkanes) is 1. The molecule has 6 aliphatic rings. The minimum atomic E-state index is -4.60. The number of aliphatic imine (C=N–C) groups is 1. The average molecular weight is 1150 g/mol. The predicted octanol–water partition coefficient (Wildman–Crippen LogP) is 6.59. The van der Waals surface area contributed by atoms with E-state index >= 15 is 0 Å². The summed E-state index contributed by atoms with van der Waals surface area (Å²) in [5, 5.41) is 16.2. The fourth-order valence-corrected chi connectivity index (χ4v) is 13.2. The molecule has 20 nitrogen and oxygen atoms in total. The molecule has 82 heavy (non-hydrogen) atoms. The first-order chi connectivity index (χ1) is 39.2. The second-order valence-corrected chi connectivity index (χ2v) is 24.4. The number of carbonyl (C=O) groups is 5. The van der Waals surface area contributed by atoms with E-state index in [0.717, 1.165) is 55.5 Å². The van der Waals surface area contributed by atoms with E-state index in [4.69, 9.17) is 14.5 Å². The molecule has 2 aromatic rings. The summed E-state index contributed by atoms with van der Waals surface area (Å²) in [5.41, 5.74) is 2.33. The smallest absolute Gasteiger partial charge is 0.378 e. The van der Waals surface area contributed by atoms with Crippen molar-refractivity contribution in [2.45, 2.75) is 223 Å². The van der Waals surface area contributed by atoms with Crippen LogP contribution in [-0.4, -0.2) is 160 Å². The molecular formula is C59H88F3N12O8+. The summed E-state index contributed by atoms with van der Waals surface area (Å²) in [4.78, 5) is 96.4. The van der Waals surface area contributed by atoms with Gasteiger partial charge in [-0.15, -0.1) is 0 Å². The molecule has 5 fully saturated rings. The fourth-order valence-electron chi connectivity index (χ4n) is 13.2. The number of benzene rings is 1. The zero-order chi connectivity index (χ0) is 58.6. The number of ether oxygens (including phenoxy) is 2. The van der Waals surface area contributed by atoms with Crippen molar-refractivity contribution in [3.8, 4) is 0 Å². The molecule has 5 amide bonds. The topological polar surface area (TPSA) is 241 Å². The molecule has 0 spiro atoms. The van der Waals surface area contributed by atoms with Gasteiger partial charge in [-0.05, 0) is 136 Å². The van der Waals surface area contributed by atoms with Gasteiger partial charge in [0.05, 0.1) is 65.4 Å². The number of likely N-dealkylation sites (tertiary alicyclic amines) is 2. The van der Waals surface area contributed by atoms with Crippen LogP contribution in [0.5, 0.6) is 0 Å². The van der Waals surface area contributed by atoms with E-state index in [0.29, 0.717) is 128 Å². The monoisotopic (exact) mass is 1150 g/mol. The van der Waals surface area contributed by atoms with Gasteiger partial charge in [-0.2, -0.15) is 18.6 Å². The number of carbonyl (C=O) groups excluding carboxylic acids is 5. The molecule has 1 unspecified atom stereocenters. The van der Waals surface area contributed by atoms with Crippen LogP contribution in [0, 0.1) is 16.7 Å².